The molecule has 0 saturated carbocycles. The van der Waals surface area contributed by atoms with Crippen LogP contribution >= 0.6 is 22.6 Å². The summed E-state index contributed by atoms with van der Waals surface area (Å²) in [7, 11) is 0. The molecular formula is C6H3F3INO. The molecule has 66 valence electrons. The first kappa shape index (κ1) is 9.56. The number of hydrogen-bond donors (Lipinski definition) is 1. The third-order valence-corrected chi connectivity index (χ3v) is 1.94. The van der Waals surface area contributed by atoms with Crippen molar-refractivity contribution in [1.82, 2.24) is 4.98 Å². The Morgan fingerprint density at radius 1 is 1.50 bits per heavy atom. The van der Waals surface area contributed by atoms with Gasteiger partial charge in [-0.3, -0.25) is 0 Å². The molecule has 0 aliphatic heterocycles. The second-order valence-electron chi connectivity index (χ2n) is 1.97. The topological polar surface area (TPSA) is 33.1 Å². The van der Waals surface area contributed by atoms with Gasteiger partial charge in [-0.1, -0.05) is 0 Å². The Kier molecular flexibility index (Phi) is 2.76. The van der Waals surface area contributed by atoms with Gasteiger partial charge < -0.3 is 5.11 Å². The average Bonchev–Trinajstić information content (AvgIpc) is 1.96. The molecule has 1 rings (SSSR count). The number of halogens is 4. The van der Waals surface area contributed by atoms with Crippen molar-refractivity contribution in [3.8, 4) is 5.75 Å². The second-order valence-corrected chi connectivity index (χ2v) is 2.99. The molecule has 0 spiro atoms. The summed E-state index contributed by atoms with van der Waals surface area (Å²) in [6.07, 6.45) is -2.96. The first-order valence-electron chi connectivity index (χ1n) is 2.85. The van der Waals surface area contributed by atoms with E-state index in [0.29, 0.717) is 6.07 Å². The van der Waals surface area contributed by atoms with Crippen LogP contribution < -0.4 is 0 Å². The van der Waals surface area contributed by atoms with Gasteiger partial charge in [-0.2, -0.15) is 0 Å². The Balaban J connectivity index is 3.23. The van der Waals surface area contributed by atoms with Crippen LogP contribution in [-0.4, -0.2) is 10.1 Å². The van der Waals surface area contributed by atoms with Crippen molar-refractivity contribution < 1.29 is 18.3 Å². The van der Waals surface area contributed by atoms with Gasteiger partial charge in [-0.15, -0.1) is 0 Å². The van der Waals surface area contributed by atoms with Crippen molar-refractivity contribution in [2.45, 2.75) is 6.43 Å². The summed E-state index contributed by atoms with van der Waals surface area (Å²) in [6, 6.07) is 0.621. The van der Waals surface area contributed by atoms with Gasteiger partial charge in [0.1, 0.15) is 15.1 Å². The number of hydrogen-bond acceptors (Lipinski definition) is 2. The Morgan fingerprint density at radius 2 is 2.08 bits per heavy atom. The fraction of sp³-hybridized carbons (Fsp3) is 0.167. The Labute approximate surface area is 79.6 Å². The molecule has 1 aromatic heterocycles. The van der Waals surface area contributed by atoms with Crippen LogP contribution in [0.2, 0.25) is 0 Å². The Hall–Kier alpha value is -0.530. The van der Waals surface area contributed by atoms with E-state index < -0.39 is 23.7 Å². The number of pyridine rings is 1. The highest BCUT2D eigenvalue weighted by Crippen LogP contribution is 2.25. The van der Waals surface area contributed by atoms with Crippen molar-refractivity contribution in [3.05, 3.63) is 21.3 Å². The molecule has 1 heterocycles. The van der Waals surface area contributed by atoms with Crippen molar-refractivity contribution in [2.24, 2.45) is 0 Å². The van der Waals surface area contributed by atoms with Crippen LogP contribution in [0, 0.1) is 9.52 Å². The summed E-state index contributed by atoms with van der Waals surface area (Å²) in [5.74, 6) is -1.62. The molecule has 0 aliphatic rings. The molecule has 1 aromatic rings. The largest absolute Gasteiger partial charge is 0.505 e. The Morgan fingerprint density at radius 3 is 2.58 bits per heavy atom. The molecule has 12 heavy (non-hydrogen) atoms. The van der Waals surface area contributed by atoms with E-state index in [2.05, 4.69) is 4.98 Å². The van der Waals surface area contributed by atoms with E-state index in [-0.39, 0.29) is 3.70 Å². The van der Waals surface area contributed by atoms with Crippen molar-refractivity contribution in [2.75, 3.05) is 0 Å². The smallest absolute Gasteiger partial charge is 0.283 e. The number of aromatic hydroxyl groups is 1. The zero-order valence-corrected chi connectivity index (χ0v) is 7.72. The third-order valence-electron chi connectivity index (χ3n) is 1.14. The predicted molar refractivity (Wildman–Crippen MR) is 43.5 cm³/mol. The molecule has 0 atom stereocenters. The number of alkyl halides is 2. The van der Waals surface area contributed by atoms with E-state index >= 15 is 0 Å². The van der Waals surface area contributed by atoms with Crippen LogP contribution in [0.1, 0.15) is 12.1 Å². The standard InChI is InChI=1S/C6H3F3INO/c7-2-1-3(12)6(10)11-4(2)5(8)9/h1,5,12H. The van der Waals surface area contributed by atoms with Gasteiger partial charge in [-0.05, 0) is 22.6 Å². The van der Waals surface area contributed by atoms with Crippen LogP contribution in [0.5, 0.6) is 5.75 Å². The second kappa shape index (κ2) is 3.46. The normalized spacial score (nSPS) is 10.8. The minimum atomic E-state index is -2.96. The van der Waals surface area contributed by atoms with E-state index in [1.165, 1.54) is 22.6 Å². The molecular weight excluding hydrogens is 286 g/mol. The van der Waals surface area contributed by atoms with Gasteiger partial charge >= 0.3 is 0 Å². The summed E-state index contributed by atoms with van der Waals surface area (Å²) < 4.78 is 36.4. The highest BCUT2D eigenvalue weighted by molar-refractivity contribution is 14.1. The molecule has 1 N–H and O–H groups in total. The van der Waals surface area contributed by atoms with Crippen LogP contribution in [0.3, 0.4) is 0 Å². The molecule has 0 radical (unpaired) electrons. The maximum Gasteiger partial charge on any atom is 0.283 e. The first-order chi connectivity index (χ1) is 5.52. The van der Waals surface area contributed by atoms with E-state index in [1.54, 1.807) is 0 Å². The van der Waals surface area contributed by atoms with E-state index in [1.807, 2.05) is 0 Å². The fourth-order valence-corrected chi connectivity index (χ4v) is 1.04. The molecule has 0 amide bonds. The monoisotopic (exact) mass is 289 g/mol. The summed E-state index contributed by atoms with van der Waals surface area (Å²) in [6.45, 7) is 0. The molecule has 0 aliphatic carbocycles. The van der Waals surface area contributed by atoms with Crippen LogP contribution in [0.15, 0.2) is 6.07 Å². The zero-order chi connectivity index (χ0) is 9.30. The minimum Gasteiger partial charge on any atom is -0.505 e. The highest BCUT2D eigenvalue weighted by atomic mass is 127. The van der Waals surface area contributed by atoms with E-state index in [4.69, 9.17) is 5.11 Å². The van der Waals surface area contributed by atoms with Gasteiger partial charge in [0.2, 0.25) is 0 Å². The SMILES string of the molecule is Oc1cc(F)c(C(F)F)nc1I. The average molecular weight is 289 g/mol. The number of aromatic nitrogens is 1. The summed E-state index contributed by atoms with van der Waals surface area (Å²) >= 11 is 1.54. The lowest BCUT2D eigenvalue weighted by molar-refractivity contribution is 0.140. The van der Waals surface area contributed by atoms with Gasteiger partial charge in [-0.25, -0.2) is 18.2 Å². The minimum absolute atomic E-state index is 0.0377. The van der Waals surface area contributed by atoms with E-state index in [9.17, 15) is 13.2 Å². The number of nitrogens with zero attached hydrogens (tertiary/aromatic N) is 1. The lowest BCUT2D eigenvalue weighted by Crippen LogP contribution is -1.97. The summed E-state index contributed by atoms with van der Waals surface area (Å²) in [5, 5.41) is 8.85. The molecule has 0 bridgehead atoms. The van der Waals surface area contributed by atoms with Crippen LogP contribution in [0.25, 0.3) is 0 Å². The molecule has 0 unspecified atom stereocenters. The highest BCUT2D eigenvalue weighted by Gasteiger charge is 2.17. The first-order valence-corrected chi connectivity index (χ1v) is 3.93. The molecule has 6 heteroatoms. The van der Waals surface area contributed by atoms with Crippen molar-refractivity contribution >= 4 is 22.6 Å². The lowest BCUT2D eigenvalue weighted by atomic mass is 10.3. The maximum atomic E-state index is 12.6. The van der Waals surface area contributed by atoms with Gasteiger partial charge in [0.25, 0.3) is 6.43 Å². The quantitative estimate of drug-likeness (QED) is 0.636. The molecule has 0 saturated heterocycles. The zero-order valence-electron chi connectivity index (χ0n) is 5.56. The summed E-state index contributed by atoms with van der Waals surface area (Å²) in [4.78, 5) is 3.18. The van der Waals surface area contributed by atoms with Gasteiger partial charge in [0.05, 0.1) is 0 Å². The van der Waals surface area contributed by atoms with Crippen LogP contribution in [0.4, 0.5) is 13.2 Å². The molecule has 0 fully saturated rings. The van der Waals surface area contributed by atoms with Gasteiger partial charge in [0, 0.05) is 6.07 Å². The molecule has 0 aromatic carbocycles. The maximum absolute atomic E-state index is 12.6. The summed E-state index contributed by atoms with van der Waals surface area (Å²) in [5.41, 5.74) is -0.933. The van der Waals surface area contributed by atoms with Gasteiger partial charge in [0.15, 0.2) is 5.82 Å². The van der Waals surface area contributed by atoms with E-state index in [0.717, 1.165) is 0 Å². The lowest BCUT2D eigenvalue weighted by Gasteiger charge is -2.02. The Bertz CT molecular complexity index is 305. The predicted octanol–water partition coefficient (Wildman–Crippen LogP) is 2.47. The van der Waals surface area contributed by atoms with Crippen LogP contribution in [-0.2, 0) is 0 Å². The number of rotatable bonds is 1. The third kappa shape index (κ3) is 1.79. The van der Waals surface area contributed by atoms with Crippen molar-refractivity contribution in [1.29, 1.82) is 0 Å². The molecule has 2 nitrogen and oxygen atoms in total. The fourth-order valence-electron chi connectivity index (χ4n) is 0.623. The van der Waals surface area contributed by atoms with Crippen molar-refractivity contribution in [3.63, 3.8) is 0 Å².